The number of hydrogen-bond donors (Lipinski definition) is 1. The van der Waals surface area contributed by atoms with E-state index < -0.39 is 9.84 Å². The first-order valence-corrected chi connectivity index (χ1v) is 9.27. The van der Waals surface area contributed by atoms with E-state index in [1.165, 1.54) is 0 Å². The van der Waals surface area contributed by atoms with Gasteiger partial charge in [0.15, 0.2) is 9.84 Å². The molecular formula is C14H29NO3S. The fourth-order valence-electron chi connectivity index (χ4n) is 2.82. The van der Waals surface area contributed by atoms with Gasteiger partial charge in [0, 0.05) is 19.8 Å². The first-order valence-electron chi connectivity index (χ1n) is 7.55. The van der Waals surface area contributed by atoms with Crippen LogP contribution in [-0.4, -0.2) is 45.7 Å². The maximum absolute atomic E-state index is 12.5. The van der Waals surface area contributed by atoms with Gasteiger partial charge < -0.3 is 10.1 Å². The zero-order valence-electron chi connectivity index (χ0n) is 12.4. The summed E-state index contributed by atoms with van der Waals surface area (Å²) in [6.07, 6.45) is 6.81. The van der Waals surface area contributed by atoms with Gasteiger partial charge >= 0.3 is 0 Å². The molecule has 0 amide bonds. The number of methoxy groups -OCH3 is 1. The second-order valence-electron chi connectivity index (χ2n) is 5.45. The van der Waals surface area contributed by atoms with E-state index in [4.69, 9.17) is 4.74 Å². The Labute approximate surface area is 118 Å². The van der Waals surface area contributed by atoms with Crippen LogP contribution < -0.4 is 5.32 Å². The SMILES string of the molecule is CCCNC1CCCCCC1S(=O)(=O)CCCOC. The van der Waals surface area contributed by atoms with Crippen LogP contribution in [0.5, 0.6) is 0 Å². The molecule has 1 saturated carbocycles. The predicted octanol–water partition coefficient (Wildman–Crippen LogP) is 2.14. The van der Waals surface area contributed by atoms with Crippen LogP contribution >= 0.6 is 0 Å². The standard InChI is InChI=1S/C14H29NO3S/c1-3-10-15-13-8-5-4-6-9-14(13)19(16,17)12-7-11-18-2/h13-15H,3-12H2,1-2H3. The quantitative estimate of drug-likeness (QED) is 0.550. The van der Waals surface area contributed by atoms with Crippen LogP contribution in [0.4, 0.5) is 0 Å². The fourth-order valence-corrected chi connectivity index (χ4v) is 4.90. The van der Waals surface area contributed by atoms with Crippen LogP contribution in [0.15, 0.2) is 0 Å². The number of sulfone groups is 1. The topological polar surface area (TPSA) is 55.4 Å². The molecule has 1 aliphatic rings. The summed E-state index contributed by atoms with van der Waals surface area (Å²) in [5.41, 5.74) is 0. The van der Waals surface area contributed by atoms with E-state index in [-0.39, 0.29) is 17.0 Å². The summed E-state index contributed by atoms with van der Waals surface area (Å²) in [4.78, 5) is 0. The largest absolute Gasteiger partial charge is 0.385 e. The molecule has 1 N–H and O–H groups in total. The molecule has 114 valence electrons. The lowest BCUT2D eigenvalue weighted by Gasteiger charge is -2.26. The molecule has 5 heteroatoms. The highest BCUT2D eigenvalue weighted by atomic mass is 32.2. The Morgan fingerprint density at radius 2 is 1.95 bits per heavy atom. The van der Waals surface area contributed by atoms with Crippen molar-refractivity contribution in [2.75, 3.05) is 26.0 Å². The number of ether oxygens (including phenoxy) is 1. The molecule has 2 unspecified atom stereocenters. The molecule has 2 atom stereocenters. The van der Waals surface area contributed by atoms with Crippen molar-refractivity contribution >= 4 is 9.84 Å². The van der Waals surface area contributed by atoms with Crippen LogP contribution in [-0.2, 0) is 14.6 Å². The van der Waals surface area contributed by atoms with Gasteiger partial charge in [0.1, 0.15) is 0 Å². The van der Waals surface area contributed by atoms with Crippen molar-refractivity contribution < 1.29 is 13.2 Å². The van der Waals surface area contributed by atoms with E-state index in [0.717, 1.165) is 45.1 Å². The number of nitrogens with one attached hydrogen (secondary N) is 1. The monoisotopic (exact) mass is 291 g/mol. The lowest BCUT2D eigenvalue weighted by atomic mass is 10.1. The van der Waals surface area contributed by atoms with E-state index in [1.807, 2.05) is 0 Å². The first-order chi connectivity index (χ1) is 9.11. The smallest absolute Gasteiger partial charge is 0.154 e. The second-order valence-corrected chi connectivity index (χ2v) is 7.79. The third kappa shape index (κ3) is 5.79. The molecular weight excluding hydrogens is 262 g/mol. The molecule has 1 rings (SSSR count). The highest BCUT2D eigenvalue weighted by molar-refractivity contribution is 7.92. The van der Waals surface area contributed by atoms with E-state index in [1.54, 1.807) is 7.11 Å². The summed E-state index contributed by atoms with van der Waals surface area (Å²) in [5.74, 6) is 0.260. The van der Waals surface area contributed by atoms with Gasteiger partial charge in [-0.1, -0.05) is 26.2 Å². The van der Waals surface area contributed by atoms with Gasteiger partial charge in [0.2, 0.25) is 0 Å². The van der Waals surface area contributed by atoms with E-state index in [0.29, 0.717) is 13.0 Å². The molecule has 0 radical (unpaired) electrons. The molecule has 0 aliphatic heterocycles. The van der Waals surface area contributed by atoms with Crippen molar-refractivity contribution in [3.05, 3.63) is 0 Å². The van der Waals surface area contributed by atoms with Crippen molar-refractivity contribution in [3.63, 3.8) is 0 Å². The average molecular weight is 291 g/mol. The summed E-state index contributed by atoms with van der Waals surface area (Å²) in [6, 6.07) is 0.148. The van der Waals surface area contributed by atoms with E-state index >= 15 is 0 Å². The molecule has 1 fully saturated rings. The third-order valence-electron chi connectivity index (χ3n) is 3.85. The van der Waals surface area contributed by atoms with Gasteiger partial charge in [-0.15, -0.1) is 0 Å². The lowest BCUT2D eigenvalue weighted by Crippen LogP contribution is -2.44. The maximum Gasteiger partial charge on any atom is 0.154 e. The minimum atomic E-state index is -3.00. The van der Waals surface area contributed by atoms with E-state index in [2.05, 4.69) is 12.2 Å². The molecule has 0 aromatic heterocycles. The summed E-state index contributed by atoms with van der Waals surface area (Å²) in [6.45, 7) is 3.56. The Morgan fingerprint density at radius 1 is 1.21 bits per heavy atom. The Kier molecular flexibility index (Phi) is 7.95. The van der Waals surface area contributed by atoms with Crippen molar-refractivity contribution in [3.8, 4) is 0 Å². The first kappa shape index (κ1) is 16.9. The molecule has 0 bridgehead atoms. The van der Waals surface area contributed by atoms with Crippen LogP contribution in [0.1, 0.15) is 51.9 Å². The molecule has 0 spiro atoms. The predicted molar refractivity (Wildman–Crippen MR) is 79.2 cm³/mol. The van der Waals surface area contributed by atoms with E-state index in [9.17, 15) is 8.42 Å². The molecule has 19 heavy (non-hydrogen) atoms. The summed E-state index contributed by atoms with van der Waals surface area (Å²) in [5, 5.41) is 3.25. The van der Waals surface area contributed by atoms with Gasteiger partial charge in [-0.05, 0) is 32.2 Å². The maximum atomic E-state index is 12.5. The highest BCUT2D eigenvalue weighted by Gasteiger charge is 2.33. The fraction of sp³-hybridized carbons (Fsp3) is 1.00. The highest BCUT2D eigenvalue weighted by Crippen LogP contribution is 2.24. The molecule has 0 saturated heterocycles. The minimum absolute atomic E-state index is 0.148. The lowest BCUT2D eigenvalue weighted by molar-refractivity contribution is 0.199. The number of hydrogen-bond acceptors (Lipinski definition) is 4. The summed E-state index contributed by atoms with van der Waals surface area (Å²) in [7, 11) is -1.39. The molecule has 0 aromatic rings. The van der Waals surface area contributed by atoms with Gasteiger partial charge in [-0.2, -0.15) is 0 Å². The van der Waals surface area contributed by atoms with Crippen molar-refractivity contribution in [1.82, 2.24) is 5.32 Å². The number of rotatable bonds is 8. The van der Waals surface area contributed by atoms with Crippen LogP contribution in [0.2, 0.25) is 0 Å². The zero-order chi connectivity index (χ0) is 14.1. The molecule has 1 aliphatic carbocycles. The van der Waals surface area contributed by atoms with Gasteiger partial charge in [0.25, 0.3) is 0 Å². The summed E-state index contributed by atoms with van der Waals surface area (Å²) < 4.78 is 29.9. The molecule has 0 aromatic carbocycles. The Morgan fingerprint density at radius 3 is 2.63 bits per heavy atom. The van der Waals surface area contributed by atoms with Crippen molar-refractivity contribution in [2.45, 2.75) is 63.2 Å². The Balaban J connectivity index is 2.66. The van der Waals surface area contributed by atoms with Crippen molar-refractivity contribution in [1.29, 1.82) is 0 Å². The third-order valence-corrected chi connectivity index (χ3v) is 6.19. The average Bonchev–Trinajstić information content (AvgIpc) is 2.62. The van der Waals surface area contributed by atoms with Crippen LogP contribution in [0, 0.1) is 0 Å². The van der Waals surface area contributed by atoms with Gasteiger partial charge in [-0.3, -0.25) is 0 Å². The van der Waals surface area contributed by atoms with Crippen LogP contribution in [0.25, 0.3) is 0 Å². The minimum Gasteiger partial charge on any atom is -0.385 e. The Bertz CT molecular complexity index is 330. The Hall–Kier alpha value is -0.130. The zero-order valence-corrected chi connectivity index (χ0v) is 13.2. The van der Waals surface area contributed by atoms with Gasteiger partial charge in [-0.25, -0.2) is 8.42 Å². The molecule has 4 nitrogen and oxygen atoms in total. The summed E-state index contributed by atoms with van der Waals surface area (Å²) >= 11 is 0. The second kappa shape index (κ2) is 8.93. The molecule has 0 heterocycles. The van der Waals surface area contributed by atoms with Gasteiger partial charge in [0.05, 0.1) is 11.0 Å². The normalized spacial score (nSPS) is 25.2. The van der Waals surface area contributed by atoms with Crippen LogP contribution in [0.3, 0.4) is 0 Å². The van der Waals surface area contributed by atoms with Crippen molar-refractivity contribution in [2.24, 2.45) is 0 Å².